The summed E-state index contributed by atoms with van der Waals surface area (Å²) in [4.78, 5) is 59.0. The average Bonchev–Trinajstić information content (AvgIpc) is 2.65. The minimum absolute atomic E-state index is 0.0552. The first-order valence-electron chi connectivity index (χ1n) is 8.84. The van der Waals surface area contributed by atoms with Crippen LogP contribution in [0.4, 0.5) is 0 Å². The number of hydrogen-bond acceptors (Lipinski definition) is 8. The lowest BCUT2D eigenvalue weighted by Gasteiger charge is -2.26. The molecule has 4 atom stereocenters. The Balaban J connectivity index is 5.37. The number of carboxylic acids is 1. The van der Waals surface area contributed by atoms with Crippen molar-refractivity contribution < 1.29 is 34.2 Å². The number of primary amides is 1. The fraction of sp³-hybridized carbons (Fsp3) is 0.688. The van der Waals surface area contributed by atoms with E-state index in [-0.39, 0.29) is 24.5 Å². The molecule has 166 valence electrons. The molecule has 0 aromatic rings. The predicted molar refractivity (Wildman–Crippen MR) is 106 cm³/mol. The van der Waals surface area contributed by atoms with E-state index in [1.54, 1.807) is 13.8 Å². The lowest BCUT2D eigenvalue weighted by atomic mass is 10.0. The number of hydrogen-bond donors (Lipinski definition) is 8. The maximum Gasteiger partial charge on any atom is 0.328 e. The van der Waals surface area contributed by atoms with Crippen molar-refractivity contribution in [1.82, 2.24) is 16.0 Å². The first-order valence-corrected chi connectivity index (χ1v) is 9.47. The Morgan fingerprint density at radius 1 is 0.966 bits per heavy atom. The summed E-state index contributed by atoms with van der Waals surface area (Å²) in [7, 11) is 0. The number of aliphatic hydroxyl groups is 1. The first-order chi connectivity index (χ1) is 13.4. The van der Waals surface area contributed by atoms with Gasteiger partial charge in [-0.15, -0.1) is 0 Å². The third-order valence-electron chi connectivity index (χ3n) is 3.89. The van der Waals surface area contributed by atoms with Crippen LogP contribution in [-0.4, -0.2) is 76.3 Å². The van der Waals surface area contributed by atoms with Gasteiger partial charge in [-0.3, -0.25) is 19.2 Å². The summed E-state index contributed by atoms with van der Waals surface area (Å²) in [6, 6.07) is -4.91. The molecule has 0 heterocycles. The lowest BCUT2D eigenvalue weighted by molar-refractivity contribution is -0.143. The highest BCUT2D eigenvalue weighted by molar-refractivity contribution is 7.80. The van der Waals surface area contributed by atoms with E-state index in [9.17, 15) is 24.0 Å². The molecule has 0 bridgehead atoms. The standard InChI is InChI=1S/C16H29N5O7S/c1-7(2)12(21-13(24)8(17)6-29)15(26)19-9(3-4-11(18)23)14(25)20-10(5-22)16(27)28/h7-10,12,22,29H,3-6,17H2,1-2H3,(H2,18,23)(H,19,26)(H,20,25)(H,21,24)(H,27,28). The molecule has 0 aliphatic carbocycles. The zero-order valence-electron chi connectivity index (χ0n) is 16.3. The summed E-state index contributed by atoms with van der Waals surface area (Å²) in [5, 5.41) is 24.9. The Bertz CT molecular complexity index is 616. The quantitative estimate of drug-likeness (QED) is 0.137. The van der Waals surface area contributed by atoms with Gasteiger partial charge >= 0.3 is 5.97 Å². The van der Waals surface area contributed by atoms with Crippen molar-refractivity contribution in [2.24, 2.45) is 17.4 Å². The van der Waals surface area contributed by atoms with Crippen molar-refractivity contribution in [2.45, 2.75) is 50.9 Å². The number of nitrogens with two attached hydrogens (primary N) is 2. The Hall–Kier alpha value is -2.38. The molecule has 0 aliphatic heterocycles. The summed E-state index contributed by atoms with van der Waals surface area (Å²) in [6.07, 6.45) is -0.474. The van der Waals surface area contributed by atoms with Crippen LogP contribution in [0.1, 0.15) is 26.7 Å². The number of aliphatic hydroxyl groups excluding tert-OH is 1. The van der Waals surface area contributed by atoms with E-state index in [4.69, 9.17) is 21.7 Å². The minimum Gasteiger partial charge on any atom is -0.480 e. The predicted octanol–water partition coefficient (Wildman–Crippen LogP) is -3.30. The zero-order valence-corrected chi connectivity index (χ0v) is 17.1. The largest absolute Gasteiger partial charge is 0.480 e. The summed E-state index contributed by atoms with van der Waals surface area (Å²) in [5.41, 5.74) is 10.7. The second kappa shape index (κ2) is 13.0. The van der Waals surface area contributed by atoms with Gasteiger partial charge in [-0.1, -0.05) is 13.8 Å². The van der Waals surface area contributed by atoms with Gasteiger partial charge in [0.05, 0.1) is 12.6 Å². The third kappa shape index (κ3) is 9.58. The number of aliphatic carboxylic acids is 1. The van der Waals surface area contributed by atoms with Crippen LogP contribution in [0.25, 0.3) is 0 Å². The van der Waals surface area contributed by atoms with Crippen LogP contribution in [0.5, 0.6) is 0 Å². The minimum atomic E-state index is -1.59. The molecule has 0 saturated heterocycles. The molecule has 9 N–H and O–H groups in total. The number of rotatable bonds is 13. The van der Waals surface area contributed by atoms with E-state index >= 15 is 0 Å². The van der Waals surface area contributed by atoms with E-state index in [2.05, 4.69) is 28.6 Å². The van der Waals surface area contributed by atoms with Crippen molar-refractivity contribution in [1.29, 1.82) is 0 Å². The fourth-order valence-corrected chi connectivity index (χ4v) is 2.32. The van der Waals surface area contributed by atoms with Crippen molar-refractivity contribution >= 4 is 42.2 Å². The van der Waals surface area contributed by atoms with Crippen molar-refractivity contribution in [3.8, 4) is 0 Å². The second-order valence-electron chi connectivity index (χ2n) is 6.67. The van der Waals surface area contributed by atoms with Crippen LogP contribution in [0.3, 0.4) is 0 Å². The Morgan fingerprint density at radius 2 is 1.52 bits per heavy atom. The molecule has 0 saturated carbocycles. The first kappa shape index (κ1) is 26.6. The van der Waals surface area contributed by atoms with Gasteiger partial charge in [-0.2, -0.15) is 12.6 Å². The van der Waals surface area contributed by atoms with E-state index in [1.165, 1.54) is 0 Å². The smallest absolute Gasteiger partial charge is 0.328 e. The summed E-state index contributed by atoms with van der Waals surface area (Å²) >= 11 is 3.92. The molecule has 0 rings (SSSR count). The van der Waals surface area contributed by atoms with Gasteiger partial charge in [-0.05, 0) is 12.3 Å². The van der Waals surface area contributed by atoms with Crippen LogP contribution >= 0.6 is 12.6 Å². The van der Waals surface area contributed by atoms with Gasteiger partial charge in [0.1, 0.15) is 18.1 Å². The number of nitrogens with one attached hydrogen (secondary N) is 3. The molecule has 29 heavy (non-hydrogen) atoms. The highest BCUT2D eigenvalue weighted by Crippen LogP contribution is 2.06. The van der Waals surface area contributed by atoms with Crippen LogP contribution < -0.4 is 27.4 Å². The molecule has 0 spiro atoms. The normalized spacial score (nSPS) is 15.0. The van der Waals surface area contributed by atoms with Gasteiger partial charge in [0.15, 0.2) is 0 Å². The number of amides is 4. The molecular weight excluding hydrogens is 406 g/mol. The molecule has 0 radical (unpaired) electrons. The van der Waals surface area contributed by atoms with E-state index < -0.39 is 60.4 Å². The van der Waals surface area contributed by atoms with Gasteiger partial charge in [0.25, 0.3) is 0 Å². The fourth-order valence-electron chi connectivity index (χ4n) is 2.15. The molecule has 4 amide bonds. The van der Waals surface area contributed by atoms with Gasteiger partial charge in [0, 0.05) is 12.2 Å². The van der Waals surface area contributed by atoms with E-state index in [0.29, 0.717) is 0 Å². The highest BCUT2D eigenvalue weighted by Gasteiger charge is 2.31. The summed E-state index contributed by atoms with van der Waals surface area (Å²) < 4.78 is 0. The maximum atomic E-state index is 12.6. The Labute approximate surface area is 173 Å². The maximum absolute atomic E-state index is 12.6. The van der Waals surface area contributed by atoms with Crippen LogP contribution in [0, 0.1) is 5.92 Å². The second-order valence-corrected chi connectivity index (χ2v) is 7.03. The number of carbonyl (C=O) groups is 5. The summed E-state index contributed by atoms with van der Waals surface area (Å²) in [5.74, 6) is -4.81. The monoisotopic (exact) mass is 435 g/mol. The summed E-state index contributed by atoms with van der Waals surface area (Å²) in [6.45, 7) is 2.44. The van der Waals surface area contributed by atoms with Gasteiger partial charge < -0.3 is 37.6 Å². The topological polar surface area (TPSA) is 214 Å². The van der Waals surface area contributed by atoms with Crippen molar-refractivity contribution in [3.05, 3.63) is 0 Å². The molecule has 0 aromatic heterocycles. The Morgan fingerprint density at radius 3 is 1.93 bits per heavy atom. The number of carbonyl (C=O) groups excluding carboxylic acids is 4. The molecule has 0 aliphatic rings. The molecule has 0 fully saturated rings. The third-order valence-corrected chi connectivity index (χ3v) is 4.28. The van der Waals surface area contributed by atoms with E-state index in [0.717, 1.165) is 0 Å². The molecule has 4 unspecified atom stereocenters. The van der Waals surface area contributed by atoms with Crippen LogP contribution in [-0.2, 0) is 24.0 Å². The van der Waals surface area contributed by atoms with Crippen molar-refractivity contribution in [3.63, 3.8) is 0 Å². The Kier molecular flexibility index (Phi) is 11.9. The van der Waals surface area contributed by atoms with Crippen molar-refractivity contribution in [2.75, 3.05) is 12.4 Å². The number of carboxylic acid groups (broad SMARTS) is 1. The molecule has 13 heteroatoms. The van der Waals surface area contributed by atoms with Gasteiger partial charge in [0.2, 0.25) is 23.6 Å². The lowest BCUT2D eigenvalue weighted by Crippen LogP contribution is -2.59. The van der Waals surface area contributed by atoms with Gasteiger partial charge in [-0.25, -0.2) is 4.79 Å². The molecule has 0 aromatic carbocycles. The molecular formula is C16H29N5O7S. The van der Waals surface area contributed by atoms with Crippen LogP contribution in [0.2, 0.25) is 0 Å². The van der Waals surface area contributed by atoms with E-state index in [1.807, 2.05) is 0 Å². The van der Waals surface area contributed by atoms with Crippen LogP contribution in [0.15, 0.2) is 0 Å². The average molecular weight is 436 g/mol. The SMILES string of the molecule is CC(C)C(NC(=O)C(N)CS)C(=O)NC(CCC(N)=O)C(=O)NC(CO)C(=O)O. The zero-order chi connectivity index (χ0) is 22.7. The number of thiol groups is 1. The highest BCUT2D eigenvalue weighted by atomic mass is 32.1. The molecule has 12 nitrogen and oxygen atoms in total.